The molecule has 20 heavy (non-hydrogen) atoms. The largest absolute Gasteiger partial charge is 0.333 e. The number of amides is 1. The van der Waals surface area contributed by atoms with E-state index < -0.39 is 0 Å². The van der Waals surface area contributed by atoms with Crippen molar-refractivity contribution in [3.8, 4) is 0 Å². The minimum Gasteiger partial charge on any atom is -0.333 e. The number of nitrogens with zero attached hydrogens (tertiary/aromatic N) is 3. The van der Waals surface area contributed by atoms with Gasteiger partial charge in [-0.05, 0) is 37.1 Å². The fourth-order valence-corrected chi connectivity index (χ4v) is 2.10. The summed E-state index contributed by atoms with van der Waals surface area (Å²) in [6.07, 6.45) is 5.95. The van der Waals surface area contributed by atoms with E-state index in [1.807, 2.05) is 39.1 Å². The molecule has 0 saturated heterocycles. The Labute approximate surface area is 119 Å². The van der Waals surface area contributed by atoms with Crippen LogP contribution >= 0.6 is 0 Å². The molecule has 0 bridgehead atoms. The molecule has 0 aliphatic heterocycles. The van der Waals surface area contributed by atoms with Crippen molar-refractivity contribution in [3.05, 3.63) is 59.7 Å². The molecule has 104 valence electrons. The van der Waals surface area contributed by atoms with Crippen LogP contribution in [-0.4, -0.2) is 27.8 Å². The van der Waals surface area contributed by atoms with Gasteiger partial charge in [0.15, 0.2) is 0 Å². The molecule has 0 aliphatic rings. The van der Waals surface area contributed by atoms with Gasteiger partial charge in [-0.15, -0.1) is 0 Å². The third-order valence-corrected chi connectivity index (χ3v) is 3.53. The maximum Gasteiger partial charge on any atom is 0.254 e. The second kappa shape index (κ2) is 6.28. The van der Waals surface area contributed by atoms with Crippen LogP contribution in [0, 0.1) is 0 Å². The summed E-state index contributed by atoms with van der Waals surface area (Å²) in [5.74, 6) is 0.00223. The second-order valence-corrected chi connectivity index (χ2v) is 4.73. The molecule has 2 aromatic rings. The third kappa shape index (κ3) is 2.85. The van der Waals surface area contributed by atoms with Gasteiger partial charge in [-0.3, -0.25) is 14.8 Å². The molecule has 2 heterocycles. The molecule has 4 heteroatoms. The van der Waals surface area contributed by atoms with Crippen LogP contribution in [-0.2, 0) is 6.42 Å². The van der Waals surface area contributed by atoms with E-state index in [0.29, 0.717) is 5.56 Å². The van der Waals surface area contributed by atoms with Gasteiger partial charge in [0.25, 0.3) is 5.91 Å². The normalized spacial score (nSPS) is 11.9. The summed E-state index contributed by atoms with van der Waals surface area (Å²) in [6, 6.07) is 7.45. The van der Waals surface area contributed by atoms with Crippen molar-refractivity contribution in [2.24, 2.45) is 0 Å². The lowest BCUT2D eigenvalue weighted by molar-refractivity contribution is 0.0738. The van der Waals surface area contributed by atoms with E-state index in [9.17, 15) is 4.79 Å². The van der Waals surface area contributed by atoms with Crippen molar-refractivity contribution in [1.82, 2.24) is 14.9 Å². The van der Waals surface area contributed by atoms with E-state index >= 15 is 0 Å². The Morgan fingerprint density at radius 1 is 1.30 bits per heavy atom. The van der Waals surface area contributed by atoms with Crippen molar-refractivity contribution in [2.45, 2.75) is 26.3 Å². The zero-order valence-corrected chi connectivity index (χ0v) is 12.1. The number of carbonyl (C=O) groups excluding carboxylic acids is 1. The van der Waals surface area contributed by atoms with Crippen LogP contribution in [0.1, 0.15) is 41.5 Å². The maximum absolute atomic E-state index is 12.6. The molecule has 4 nitrogen and oxygen atoms in total. The minimum absolute atomic E-state index is 0.00223. The first-order valence-corrected chi connectivity index (χ1v) is 6.76. The van der Waals surface area contributed by atoms with E-state index in [1.165, 1.54) is 0 Å². The van der Waals surface area contributed by atoms with Gasteiger partial charge < -0.3 is 4.90 Å². The van der Waals surface area contributed by atoms with Gasteiger partial charge in [0, 0.05) is 31.2 Å². The topological polar surface area (TPSA) is 46.1 Å². The quantitative estimate of drug-likeness (QED) is 0.857. The van der Waals surface area contributed by atoms with Crippen LogP contribution in [0.3, 0.4) is 0 Å². The lowest BCUT2D eigenvalue weighted by Gasteiger charge is -2.25. The molecule has 0 aromatic carbocycles. The average molecular weight is 269 g/mol. The Bertz CT molecular complexity index is 583. The molecule has 0 aliphatic carbocycles. The van der Waals surface area contributed by atoms with Crippen molar-refractivity contribution in [3.63, 3.8) is 0 Å². The molecule has 0 saturated carbocycles. The number of pyridine rings is 2. The number of aryl methyl sites for hydroxylation is 1. The first-order chi connectivity index (χ1) is 9.65. The van der Waals surface area contributed by atoms with E-state index in [4.69, 9.17) is 0 Å². The zero-order chi connectivity index (χ0) is 14.5. The highest BCUT2D eigenvalue weighted by atomic mass is 16.2. The number of carbonyl (C=O) groups is 1. The van der Waals surface area contributed by atoms with Gasteiger partial charge in [0.05, 0.1) is 11.7 Å². The summed E-state index contributed by atoms with van der Waals surface area (Å²) < 4.78 is 0. The van der Waals surface area contributed by atoms with Crippen LogP contribution in [0.25, 0.3) is 0 Å². The fourth-order valence-electron chi connectivity index (χ4n) is 2.10. The summed E-state index contributed by atoms with van der Waals surface area (Å²) in [5.41, 5.74) is 2.57. The molecule has 1 atom stereocenters. The van der Waals surface area contributed by atoms with Crippen LogP contribution in [0.15, 0.2) is 42.9 Å². The minimum atomic E-state index is -0.0680. The Morgan fingerprint density at radius 2 is 2.10 bits per heavy atom. The molecule has 1 unspecified atom stereocenters. The first-order valence-electron chi connectivity index (χ1n) is 6.76. The lowest BCUT2D eigenvalue weighted by atomic mass is 10.1. The number of hydrogen-bond acceptors (Lipinski definition) is 3. The Hall–Kier alpha value is -2.23. The highest BCUT2D eigenvalue weighted by Crippen LogP contribution is 2.20. The van der Waals surface area contributed by atoms with Crippen molar-refractivity contribution >= 4 is 5.91 Å². The molecule has 1 amide bonds. The third-order valence-electron chi connectivity index (χ3n) is 3.53. The van der Waals surface area contributed by atoms with E-state index in [2.05, 4.69) is 9.97 Å². The molecular weight excluding hydrogens is 250 g/mol. The Morgan fingerprint density at radius 3 is 2.75 bits per heavy atom. The molecule has 0 N–H and O–H groups in total. The molecule has 0 radical (unpaired) electrons. The van der Waals surface area contributed by atoms with Crippen molar-refractivity contribution < 1.29 is 4.79 Å². The summed E-state index contributed by atoms with van der Waals surface area (Å²) in [7, 11) is 1.81. The van der Waals surface area contributed by atoms with Gasteiger partial charge in [-0.25, -0.2) is 0 Å². The summed E-state index contributed by atoms with van der Waals surface area (Å²) in [6.45, 7) is 4.00. The summed E-state index contributed by atoms with van der Waals surface area (Å²) in [4.78, 5) is 22.7. The standard InChI is InChI=1S/C16H19N3O/c1-4-13-11-17-10-8-14(13)16(20)19(3)12(2)15-7-5-6-9-18-15/h5-12H,4H2,1-3H3. The first kappa shape index (κ1) is 14.2. The van der Waals surface area contributed by atoms with E-state index in [-0.39, 0.29) is 11.9 Å². The Kier molecular flexibility index (Phi) is 4.45. The number of aromatic nitrogens is 2. The lowest BCUT2D eigenvalue weighted by Crippen LogP contribution is -2.30. The fraction of sp³-hybridized carbons (Fsp3) is 0.312. The average Bonchev–Trinajstić information content (AvgIpc) is 2.53. The molecule has 0 fully saturated rings. The molecule has 2 aromatic heterocycles. The Balaban J connectivity index is 2.24. The number of rotatable bonds is 4. The van der Waals surface area contributed by atoms with Gasteiger partial charge >= 0.3 is 0 Å². The SMILES string of the molecule is CCc1cnccc1C(=O)N(C)C(C)c1ccccn1. The van der Waals surface area contributed by atoms with Crippen molar-refractivity contribution in [2.75, 3.05) is 7.05 Å². The van der Waals surface area contributed by atoms with Gasteiger partial charge in [-0.1, -0.05) is 13.0 Å². The zero-order valence-electron chi connectivity index (χ0n) is 12.1. The molecule has 0 spiro atoms. The highest BCUT2D eigenvalue weighted by Gasteiger charge is 2.21. The number of hydrogen-bond donors (Lipinski definition) is 0. The monoisotopic (exact) mass is 269 g/mol. The van der Waals surface area contributed by atoms with E-state index in [1.54, 1.807) is 29.6 Å². The van der Waals surface area contributed by atoms with Gasteiger partial charge in [-0.2, -0.15) is 0 Å². The predicted molar refractivity (Wildman–Crippen MR) is 78.4 cm³/mol. The summed E-state index contributed by atoms with van der Waals surface area (Å²) >= 11 is 0. The van der Waals surface area contributed by atoms with Crippen LogP contribution < -0.4 is 0 Å². The smallest absolute Gasteiger partial charge is 0.254 e. The summed E-state index contributed by atoms with van der Waals surface area (Å²) in [5, 5.41) is 0. The van der Waals surface area contributed by atoms with Crippen LogP contribution in [0.4, 0.5) is 0 Å². The highest BCUT2D eigenvalue weighted by molar-refractivity contribution is 5.95. The van der Waals surface area contributed by atoms with Crippen LogP contribution in [0.2, 0.25) is 0 Å². The van der Waals surface area contributed by atoms with Gasteiger partial charge in [0.2, 0.25) is 0 Å². The van der Waals surface area contributed by atoms with Gasteiger partial charge in [0.1, 0.15) is 0 Å². The predicted octanol–water partition coefficient (Wildman–Crippen LogP) is 2.87. The second-order valence-electron chi connectivity index (χ2n) is 4.73. The van der Waals surface area contributed by atoms with E-state index in [0.717, 1.165) is 17.7 Å². The van der Waals surface area contributed by atoms with Crippen molar-refractivity contribution in [1.29, 1.82) is 0 Å². The molecule has 2 rings (SSSR count). The van der Waals surface area contributed by atoms with Crippen LogP contribution in [0.5, 0.6) is 0 Å². The molecular formula is C16H19N3O. The maximum atomic E-state index is 12.6.